The van der Waals surface area contributed by atoms with Crippen molar-refractivity contribution >= 4 is 22.6 Å². The summed E-state index contributed by atoms with van der Waals surface area (Å²) in [7, 11) is 0. The van der Waals surface area contributed by atoms with Gasteiger partial charge in [-0.25, -0.2) is 8.78 Å². The summed E-state index contributed by atoms with van der Waals surface area (Å²) in [6.07, 6.45) is 2.97. The molecule has 174 valence electrons. The second-order valence-corrected chi connectivity index (χ2v) is 7.87. The van der Waals surface area contributed by atoms with Gasteiger partial charge in [0.05, 0.1) is 30.8 Å². The molecule has 11 heteroatoms. The number of benzene rings is 1. The van der Waals surface area contributed by atoms with Crippen molar-refractivity contribution in [2.45, 2.75) is 6.42 Å². The topological polar surface area (TPSA) is 119 Å². The molecule has 0 unspecified atom stereocenters. The molecule has 0 spiro atoms. The zero-order chi connectivity index (χ0) is 23.8. The number of morpholine rings is 1. The van der Waals surface area contributed by atoms with Crippen LogP contribution in [0.25, 0.3) is 27.8 Å². The van der Waals surface area contributed by atoms with Gasteiger partial charge in [-0.2, -0.15) is 5.10 Å². The molecule has 1 aliphatic heterocycles. The Balaban J connectivity index is 1.62. The smallest absolute Gasteiger partial charge is 0.268 e. The van der Waals surface area contributed by atoms with Gasteiger partial charge in [0.2, 0.25) is 5.91 Å². The number of halogens is 2. The van der Waals surface area contributed by atoms with E-state index in [0.717, 1.165) is 16.7 Å². The molecule has 5 rings (SSSR count). The average Bonchev–Trinajstić information content (AvgIpc) is 3.23. The second kappa shape index (κ2) is 8.67. The van der Waals surface area contributed by atoms with Crippen molar-refractivity contribution in [2.75, 3.05) is 32.0 Å². The van der Waals surface area contributed by atoms with Crippen LogP contribution in [0.5, 0.6) is 0 Å². The summed E-state index contributed by atoms with van der Waals surface area (Å²) >= 11 is 0. The number of nitrogens with two attached hydrogens (primary N) is 1. The molecule has 9 nitrogen and oxygen atoms in total. The predicted octanol–water partition coefficient (Wildman–Crippen LogP) is 2.04. The zero-order valence-electron chi connectivity index (χ0n) is 17.9. The van der Waals surface area contributed by atoms with Crippen molar-refractivity contribution in [1.82, 2.24) is 24.6 Å². The first-order valence-electron chi connectivity index (χ1n) is 10.6. The summed E-state index contributed by atoms with van der Waals surface area (Å²) in [5.41, 5.74) is 6.34. The van der Waals surface area contributed by atoms with Crippen LogP contribution < -0.4 is 11.3 Å². The number of nitrogens with one attached hydrogen (secondary N) is 1. The molecule has 1 saturated heterocycles. The van der Waals surface area contributed by atoms with Gasteiger partial charge in [0.1, 0.15) is 22.7 Å². The summed E-state index contributed by atoms with van der Waals surface area (Å²) in [4.78, 5) is 31.9. The lowest BCUT2D eigenvalue weighted by Crippen LogP contribution is -2.41. The number of anilines is 1. The van der Waals surface area contributed by atoms with Gasteiger partial charge in [0.25, 0.3) is 5.56 Å². The molecule has 1 fully saturated rings. The Kier molecular flexibility index (Phi) is 5.54. The average molecular weight is 466 g/mol. The maximum atomic E-state index is 14.5. The Morgan fingerprint density at radius 2 is 1.91 bits per heavy atom. The number of fused-ring (bicyclic) bond motifs is 1. The summed E-state index contributed by atoms with van der Waals surface area (Å²) < 4.78 is 35.2. The van der Waals surface area contributed by atoms with Gasteiger partial charge < -0.3 is 15.4 Å². The van der Waals surface area contributed by atoms with Crippen molar-refractivity contribution in [3.8, 4) is 16.9 Å². The highest BCUT2D eigenvalue weighted by Crippen LogP contribution is 2.29. The van der Waals surface area contributed by atoms with Gasteiger partial charge in [-0.3, -0.25) is 24.2 Å². The molecule has 0 atom stereocenters. The molecule has 0 saturated carbocycles. The van der Waals surface area contributed by atoms with E-state index < -0.39 is 22.9 Å². The highest BCUT2D eigenvalue weighted by atomic mass is 19.1. The minimum absolute atomic E-state index is 0.0169. The Hall–Kier alpha value is -4.12. The van der Waals surface area contributed by atoms with Crippen molar-refractivity contribution in [2.24, 2.45) is 0 Å². The van der Waals surface area contributed by atoms with E-state index in [-0.39, 0.29) is 29.0 Å². The molecule has 1 aliphatic rings. The first-order chi connectivity index (χ1) is 16.4. The number of nitrogens with zero attached hydrogens (tertiary/aromatic N) is 4. The van der Waals surface area contributed by atoms with E-state index in [1.54, 1.807) is 17.0 Å². The van der Waals surface area contributed by atoms with Crippen LogP contribution in [-0.4, -0.2) is 56.9 Å². The lowest BCUT2D eigenvalue weighted by atomic mass is 10.1. The number of para-hydroxylation sites is 1. The number of carbonyl (C=O) groups is 1. The van der Waals surface area contributed by atoms with Crippen LogP contribution in [0.4, 0.5) is 14.6 Å². The molecule has 4 aromatic rings. The maximum absolute atomic E-state index is 14.5. The standard InChI is InChI=1S/C23H20F2N6O3/c24-15-2-1-3-16(25)21(15)31-12-14(20-19(23(31)33)22(26)29-28-20)17-10-13(4-5-27-17)11-18(32)30-6-8-34-9-7-30/h1-5,10,12H,6-9,11H2,(H3,26,28,29). The van der Waals surface area contributed by atoms with Crippen LogP contribution >= 0.6 is 0 Å². The van der Waals surface area contributed by atoms with E-state index in [9.17, 15) is 18.4 Å². The number of pyridine rings is 2. The number of rotatable bonds is 4. The minimum atomic E-state index is -0.910. The highest BCUT2D eigenvalue weighted by Gasteiger charge is 2.22. The fourth-order valence-corrected chi connectivity index (χ4v) is 4.05. The van der Waals surface area contributed by atoms with Crippen molar-refractivity contribution < 1.29 is 18.3 Å². The molecule has 1 aromatic carbocycles. The Bertz CT molecular complexity index is 1440. The van der Waals surface area contributed by atoms with E-state index >= 15 is 0 Å². The Labute approximate surface area is 191 Å². The third-order valence-electron chi connectivity index (χ3n) is 5.75. The van der Waals surface area contributed by atoms with Gasteiger partial charge in [-0.05, 0) is 29.8 Å². The monoisotopic (exact) mass is 466 g/mol. The summed E-state index contributed by atoms with van der Waals surface area (Å²) in [6.45, 7) is 2.06. The summed E-state index contributed by atoms with van der Waals surface area (Å²) in [6, 6.07) is 6.73. The quantitative estimate of drug-likeness (QED) is 0.475. The van der Waals surface area contributed by atoms with Gasteiger partial charge >= 0.3 is 0 Å². The fraction of sp³-hybridized carbons (Fsp3) is 0.217. The van der Waals surface area contributed by atoms with Gasteiger partial charge in [-0.15, -0.1) is 0 Å². The van der Waals surface area contributed by atoms with E-state index in [0.29, 0.717) is 43.1 Å². The van der Waals surface area contributed by atoms with E-state index in [1.165, 1.54) is 18.5 Å². The number of hydrogen-bond donors (Lipinski definition) is 2. The molecule has 4 heterocycles. The van der Waals surface area contributed by atoms with Crippen molar-refractivity contribution in [1.29, 1.82) is 0 Å². The zero-order valence-corrected chi connectivity index (χ0v) is 17.9. The first kappa shape index (κ1) is 21.7. The number of H-pyrrole nitrogens is 1. The third-order valence-corrected chi connectivity index (χ3v) is 5.75. The summed E-state index contributed by atoms with van der Waals surface area (Å²) in [5, 5.41) is 6.60. The number of carbonyl (C=O) groups excluding carboxylic acids is 1. The van der Waals surface area contributed by atoms with Gasteiger partial charge in [-0.1, -0.05) is 6.07 Å². The fourth-order valence-electron chi connectivity index (χ4n) is 4.05. The molecule has 3 N–H and O–H groups in total. The molecule has 3 aromatic heterocycles. The number of nitrogen functional groups attached to an aromatic ring is 1. The molecular formula is C23H20F2N6O3. The third kappa shape index (κ3) is 3.79. The molecular weight excluding hydrogens is 446 g/mol. The van der Waals surface area contributed by atoms with E-state index in [4.69, 9.17) is 10.5 Å². The van der Waals surface area contributed by atoms with Crippen LogP contribution in [0.2, 0.25) is 0 Å². The van der Waals surface area contributed by atoms with E-state index in [1.807, 2.05) is 0 Å². The van der Waals surface area contributed by atoms with Gasteiger partial charge in [0.15, 0.2) is 5.82 Å². The maximum Gasteiger partial charge on any atom is 0.268 e. The Morgan fingerprint density at radius 1 is 1.18 bits per heavy atom. The number of aromatic amines is 1. The van der Waals surface area contributed by atoms with Gasteiger partial charge in [0, 0.05) is 31.0 Å². The number of aromatic nitrogens is 4. The van der Waals surface area contributed by atoms with Crippen LogP contribution in [0.15, 0.2) is 47.5 Å². The highest BCUT2D eigenvalue weighted by molar-refractivity contribution is 5.97. The summed E-state index contributed by atoms with van der Waals surface area (Å²) in [5.74, 6) is -1.97. The van der Waals surface area contributed by atoms with Crippen molar-refractivity contribution in [3.63, 3.8) is 0 Å². The van der Waals surface area contributed by atoms with Crippen LogP contribution in [0, 0.1) is 11.6 Å². The first-order valence-corrected chi connectivity index (χ1v) is 10.6. The normalized spacial score (nSPS) is 14.0. The molecule has 0 bridgehead atoms. The van der Waals surface area contributed by atoms with Crippen LogP contribution in [-0.2, 0) is 16.0 Å². The lowest BCUT2D eigenvalue weighted by molar-refractivity contribution is -0.134. The molecule has 1 amide bonds. The molecule has 0 aliphatic carbocycles. The second-order valence-electron chi connectivity index (χ2n) is 7.87. The van der Waals surface area contributed by atoms with E-state index in [2.05, 4.69) is 15.2 Å². The molecule has 0 radical (unpaired) electrons. The van der Waals surface area contributed by atoms with Crippen molar-refractivity contribution in [3.05, 3.63) is 70.3 Å². The van der Waals surface area contributed by atoms with Crippen LogP contribution in [0.1, 0.15) is 5.56 Å². The lowest BCUT2D eigenvalue weighted by Gasteiger charge is -2.26. The SMILES string of the molecule is Nc1n[nH]c2c(-c3cc(CC(=O)N4CCOCC4)ccn3)cn(-c3c(F)cccc3F)c(=O)c12. The number of ether oxygens (including phenoxy) is 1. The number of hydrogen-bond acceptors (Lipinski definition) is 6. The van der Waals surface area contributed by atoms with Crippen LogP contribution in [0.3, 0.4) is 0 Å². The largest absolute Gasteiger partial charge is 0.382 e. The number of amides is 1. The molecule has 34 heavy (non-hydrogen) atoms. The Morgan fingerprint density at radius 3 is 2.65 bits per heavy atom. The predicted molar refractivity (Wildman–Crippen MR) is 120 cm³/mol. The minimum Gasteiger partial charge on any atom is -0.382 e.